The zero-order valence-electron chi connectivity index (χ0n) is 7.29. The van der Waals surface area contributed by atoms with Crippen LogP contribution in [0.25, 0.3) is 0 Å². The van der Waals surface area contributed by atoms with Crippen molar-refractivity contribution in [3.8, 4) is 0 Å². The van der Waals surface area contributed by atoms with Crippen LogP contribution in [0.15, 0.2) is 0 Å². The molecule has 4 nitrogen and oxygen atoms in total. The Morgan fingerprint density at radius 1 is 1.50 bits per heavy atom. The summed E-state index contributed by atoms with van der Waals surface area (Å²) in [6.45, 7) is 4.59. The lowest BCUT2D eigenvalue weighted by molar-refractivity contribution is -0.145. The van der Waals surface area contributed by atoms with Gasteiger partial charge in [-0.15, -0.1) is 0 Å². The van der Waals surface area contributed by atoms with Gasteiger partial charge in [0.2, 0.25) is 0 Å². The fourth-order valence-corrected chi connectivity index (χ4v) is 1.63. The molecule has 1 atom stereocenters. The van der Waals surface area contributed by atoms with Crippen molar-refractivity contribution in [3.05, 3.63) is 0 Å². The van der Waals surface area contributed by atoms with Crippen LogP contribution in [0.2, 0.25) is 0 Å². The van der Waals surface area contributed by atoms with Gasteiger partial charge in [0.25, 0.3) is 0 Å². The van der Waals surface area contributed by atoms with Crippen molar-refractivity contribution < 1.29 is 9.47 Å². The second-order valence-electron chi connectivity index (χ2n) is 3.31. The smallest absolute Gasteiger partial charge is 0.147 e. The second kappa shape index (κ2) is 4.18. The van der Waals surface area contributed by atoms with Gasteiger partial charge in [-0.3, -0.25) is 5.43 Å². The topological polar surface area (TPSA) is 33.7 Å². The molecule has 0 bridgehead atoms. The van der Waals surface area contributed by atoms with E-state index in [0.717, 1.165) is 32.7 Å². The standard InChI is InChI=1S/C8H16N2O2/c1-3-9-10(4-1)6-8-2-5-11-7-12-8/h8-9H,1-7H2. The van der Waals surface area contributed by atoms with Crippen LogP contribution in [-0.4, -0.2) is 44.1 Å². The summed E-state index contributed by atoms with van der Waals surface area (Å²) in [6, 6.07) is 0. The van der Waals surface area contributed by atoms with Gasteiger partial charge in [-0.1, -0.05) is 0 Å². The van der Waals surface area contributed by atoms with E-state index in [1.165, 1.54) is 6.42 Å². The average molecular weight is 172 g/mol. The molecule has 0 radical (unpaired) electrons. The summed E-state index contributed by atoms with van der Waals surface area (Å²) in [5, 5.41) is 2.25. The number of hydrogen-bond acceptors (Lipinski definition) is 4. The van der Waals surface area contributed by atoms with Crippen LogP contribution in [0.3, 0.4) is 0 Å². The van der Waals surface area contributed by atoms with E-state index in [1.54, 1.807) is 0 Å². The summed E-state index contributed by atoms with van der Waals surface area (Å²) in [4.78, 5) is 0. The van der Waals surface area contributed by atoms with Crippen LogP contribution in [0.5, 0.6) is 0 Å². The molecule has 2 saturated heterocycles. The van der Waals surface area contributed by atoms with E-state index in [2.05, 4.69) is 10.4 Å². The lowest BCUT2D eigenvalue weighted by Gasteiger charge is -2.26. The second-order valence-corrected chi connectivity index (χ2v) is 3.31. The Hall–Kier alpha value is -0.160. The third kappa shape index (κ3) is 2.17. The molecule has 0 amide bonds. The molecule has 0 spiro atoms. The van der Waals surface area contributed by atoms with E-state index in [-0.39, 0.29) is 0 Å². The van der Waals surface area contributed by atoms with Gasteiger partial charge in [-0.25, -0.2) is 5.01 Å². The van der Waals surface area contributed by atoms with Crippen molar-refractivity contribution in [2.75, 3.05) is 33.0 Å². The summed E-state index contributed by atoms with van der Waals surface area (Å²) in [6.07, 6.45) is 2.64. The molecule has 0 aromatic heterocycles. The molecule has 2 fully saturated rings. The van der Waals surface area contributed by atoms with E-state index >= 15 is 0 Å². The van der Waals surface area contributed by atoms with Gasteiger partial charge < -0.3 is 9.47 Å². The van der Waals surface area contributed by atoms with Crippen molar-refractivity contribution in [3.63, 3.8) is 0 Å². The quantitative estimate of drug-likeness (QED) is 0.633. The monoisotopic (exact) mass is 172 g/mol. The lowest BCUT2D eigenvalue weighted by atomic mass is 10.2. The first kappa shape index (κ1) is 8.44. The van der Waals surface area contributed by atoms with Gasteiger partial charge in [0.15, 0.2) is 0 Å². The van der Waals surface area contributed by atoms with Crippen LogP contribution >= 0.6 is 0 Å². The molecule has 0 aliphatic carbocycles. The van der Waals surface area contributed by atoms with Gasteiger partial charge in [0.05, 0.1) is 12.7 Å². The molecule has 0 saturated carbocycles. The fourth-order valence-electron chi connectivity index (χ4n) is 1.63. The lowest BCUT2D eigenvalue weighted by Crippen LogP contribution is -2.40. The van der Waals surface area contributed by atoms with Gasteiger partial charge in [0, 0.05) is 19.6 Å². The maximum Gasteiger partial charge on any atom is 0.147 e. The highest BCUT2D eigenvalue weighted by atomic mass is 16.7. The van der Waals surface area contributed by atoms with Gasteiger partial charge in [-0.05, 0) is 12.8 Å². The van der Waals surface area contributed by atoms with Crippen molar-refractivity contribution in [2.24, 2.45) is 0 Å². The Morgan fingerprint density at radius 3 is 3.17 bits per heavy atom. The minimum absolute atomic E-state index is 0.365. The SMILES string of the molecule is C1CNN(CC2CCOCO2)C1. The molecule has 12 heavy (non-hydrogen) atoms. The van der Waals surface area contributed by atoms with E-state index in [0.29, 0.717) is 12.9 Å². The Morgan fingerprint density at radius 2 is 2.50 bits per heavy atom. The first-order chi connectivity index (χ1) is 5.95. The van der Waals surface area contributed by atoms with E-state index in [1.807, 2.05) is 0 Å². The Kier molecular flexibility index (Phi) is 2.94. The van der Waals surface area contributed by atoms with Crippen LogP contribution < -0.4 is 5.43 Å². The van der Waals surface area contributed by atoms with Crippen molar-refractivity contribution >= 4 is 0 Å². The molecule has 4 heteroatoms. The Balaban J connectivity index is 1.69. The highest BCUT2D eigenvalue weighted by molar-refractivity contribution is 4.68. The molecule has 1 unspecified atom stereocenters. The molecule has 1 N–H and O–H groups in total. The van der Waals surface area contributed by atoms with Crippen molar-refractivity contribution in [1.29, 1.82) is 0 Å². The molecule has 2 rings (SSSR count). The number of ether oxygens (including phenoxy) is 2. The maximum absolute atomic E-state index is 5.44. The highest BCUT2D eigenvalue weighted by Crippen LogP contribution is 2.08. The van der Waals surface area contributed by atoms with Crippen molar-refractivity contribution in [2.45, 2.75) is 18.9 Å². The van der Waals surface area contributed by atoms with Gasteiger partial charge in [-0.2, -0.15) is 0 Å². The maximum atomic E-state index is 5.44. The fraction of sp³-hybridized carbons (Fsp3) is 1.00. The van der Waals surface area contributed by atoms with Crippen LogP contribution in [-0.2, 0) is 9.47 Å². The number of rotatable bonds is 2. The van der Waals surface area contributed by atoms with Crippen molar-refractivity contribution in [1.82, 2.24) is 10.4 Å². The highest BCUT2D eigenvalue weighted by Gasteiger charge is 2.19. The predicted octanol–water partition coefficient (Wildman–Crippen LogP) is -0.0403. The Bertz CT molecular complexity index is 131. The average Bonchev–Trinajstić information content (AvgIpc) is 2.59. The number of nitrogens with one attached hydrogen (secondary N) is 1. The number of hydrogen-bond donors (Lipinski definition) is 1. The zero-order chi connectivity index (χ0) is 8.23. The summed E-state index contributed by atoms with van der Waals surface area (Å²) in [5.74, 6) is 0. The summed E-state index contributed by atoms with van der Waals surface area (Å²) >= 11 is 0. The van der Waals surface area contributed by atoms with E-state index in [9.17, 15) is 0 Å². The molecule has 2 aliphatic heterocycles. The molecule has 0 aromatic carbocycles. The molecule has 2 aliphatic rings. The van der Waals surface area contributed by atoms with Crippen LogP contribution in [0, 0.1) is 0 Å². The third-order valence-electron chi connectivity index (χ3n) is 2.34. The molecule has 70 valence electrons. The summed E-state index contributed by atoms with van der Waals surface area (Å²) in [5.41, 5.74) is 3.32. The third-order valence-corrected chi connectivity index (χ3v) is 2.34. The Labute approximate surface area is 72.8 Å². The molecule has 0 aromatic rings. The minimum Gasteiger partial charge on any atom is -0.355 e. The molecular weight excluding hydrogens is 156 g/mol. The largest absolute Gasteiger partial charge is 0.355 e. The molecular formula is C8H16N2O2. The van der Waals surface area contributed by atoms with E-state index in [4.69, 9.17) is 9.47 Å². The number of nitrogens with zero attached hydrogens (tertiary/aromatic N) is 1. The van der Waals surface area contributed by atoms with Crippen LogP contribution in [0.4, 0.5) is 0 Å². The zero-order valence-corrected chi connectivity index (χ0v) is 7.29. The van der Waals surface area contributed by atoms with Crippen LogP contribution in [0.1, 0.15) is 12.8 Å². The predicted molar refractivity (Wildman–Crippen MR) is 44.5 cm³/mol. The van der Waals surface area contributed by atoms with Gasteiger partial charge >= 0.3 is 0 Å². The summed E-state index contributed by atoms with van der Waals surface area (Å²) in [7, 11) is 0. The minimum atomic E-state index is 0.365. The number of hydrazine groups is 1. The van der Waals surface area contributed by atoms with E-state index < -0.39 is 0 Å². The normalized spacial score (nSPS) is 32.5. The van der Waals surface area contributed by atoms with Gasteiger partial charge in [0.1, 0.15) is 6.79 Å². The first-order valence-electron chi connectivity index (χ1n) is 4.63. The first-order valence-corrected chi connectivity index (χ1v) is 4.63. The molecule has 2 heterocycles. The summed E-state index contributed by atoms with van der Waals surface area (Å²) < 4.78 is 10.5.